The van der Waals surface area contributed by atoms with Crippen molar-refractivity contribution in [2.45, 2.75) is 5.16 Å². The molecule has 0 radical (unpaired) electrons. The van der Waals surface area contributed by atoms with Gasteiger partial charge in [-0.15, -0.1) is 10.2 Å². The summed E-state index contributed by atoms with van der Waals surface area (Å²) in [6.07, 6.45) is 1.69. The van der Waals surface area contributed by atoms with Crippen LogP contribution in [0.5, 0.6) is 5.75 Å². The number of benzene rings is 2. The van der Waals surface area contributed by atoms with Gasteiger partial charge in [-0.3, -0.25) is 4.79 Å². The summed E-state index contributed by atoms with van der Waals surface area (Å²) in [5.41, 5.74) is 2.69. The summed E-state index contributed by atoms with van der Waals surface area (Å²) in [7, 11) is 5.53. The van der Waals surface area contributed by atoms with Crippen LogP contribution in [0.1, 0.15) is 5.56 Å². The molecule has 0 amide bonds. The van der Waals surface area contributed by atoms with Gasteiger partial charge in [0.1, 0.15) is 5.75 Å². The monoisotopic (exact) mass is 411 g/mol. The number of methoxy groups -OCH3 is 1. The Bertz CT molecular complexity index is 1020. The third-order valence-electron chi connectivity index (χ3n) is 4.02. The molecule has 0 fully saturated rings. The van der Waals surface area contributed by atoms with Gasteiger partial charge in [0, 0.05) is 19.8 Å². The lowest BCUT2D eigenvalue weighted by Crippen LogP contribution is -2.08. The molecule has 150 valence electrons. The number of anilines is 1. The van der Waals surface area contributed by atoms with Gasteiger partial charge < -0.3 is 14.7 Å². The summed E-state index contributed by atoms with van der Waals surface area (Å²) >= 11 is 1.05. The van der Waals surface area contributed by atoms with E-state index in [1.54, 1.807) is 13.3 Å². The summed E-state index contributed by atoms with van der Waals surface area (Å²) < 4.78 is 6.96. The third kappa shape index (κ3) is 4.94. The number of para-hydroxylation sites is 1. The van der Waals surface area contributed by atoms with Gasteiger partial charge in [0.2, 0.25) is 5.16 Å². The number of carboxylic acid groups (broad SMARTS) is 1. The number of ether oxygens (including phenoxy) is 1. The molecule has 3 rings (SSSR count). The van der Waals surface area contributed by atoms with E-state index in [2.05, 4.69) is 15.3 Å². The molecule has 1 heterocycles. The average Bonchev–Trinajstić information content (AvgIpc) is 3.13. The minimum absolute atomic E-state index is 0.142. The maximum Gasteiger partial charge on any atom is 0.313 e. The highest BCUT2D eigenvalue weighted by Crippen LogP contribution is 2.30. The number of aliphatic carboxylic acids is 1. The number of hydrogen-bond acceptors (Lipinski definition) is 7. The quantitative estimate of drug-likeness (QED) is 0.450. The molecule has 0 aliphatic carbocycles. The van der Waals surface area contributed by atoms with Crippen molar-refractivity contribution in [1.29, 1.82) is 0 Å². The molecule has 9 heteroatoms. The number of nitrogens with zero attached hydrogens (tertiary/aromatic N) is 5. The van der Waals surface area contributed by atoms with Gasteiger partial charge in [-0.2, -0.15) is 9.78 Å². The van der Waals surface area contributed by atoms with Crippen molar-refractivity contribution in [3.8, 4) is 17.1 Å². The van der Waals surface area contributed by atoms with E-state index in [9.17, 15) is 4.79 Å². The summed E-state index contributed by atoms with van der Waals surface area (Å²) in [6.45, 7) is 0. The molecule has 0 saturated carbocycles. The molecule has 0 atom stereocenters. The zero-order valence-electron chi connectivity index (χ0n) is 16.3. The van der Waals surface area contributed by atoms with E-state index in [0.29, 0.717) is 22.3 Å². The maximum absolute atomic E-state index is 11.0. The fourth-order valence-electron chi connectivity index (χ4n) is 2.57. The van der Waals surface area contributed by atoms with Gasteiger partial charge in [-0.1, -0.05) is 36.0 Å². The third-order valence-corrected chi connectivity index (χ3v) is 4.92. The van der Waals surface area contributed by atoms with E-state index >= 15 is 0 Å². The van der Waals surface area contributed by atoms with E-state index in [-0.39, 0.29) is 5.75 Å². The highest BCUT2D eigenvalue weighted by atomic mass is 32.2. The molecule has 0 saturated heterocycles. The second-order valence-electron chi connectivity index (χ2n) is 6.23. The van der Waals surface area contributed by atoms with Crippen molar-refractivity contribution in [1.82, 2.24) is 14.9 Å². The minimum atomic E-state index is -0.938. The standard InChI is InChI=1S/C20H21N5O3S/c1-24(2)15-10-8-14(9-11-15)12-21-25-19(16-6-4-5-7-17(16)28-3)22-23-20(25)29-13-18(26)27/h4-12H,13H2,1-3H3,(H,26,27). The number of thioether (sulfide) groups is 1. The van der Waals surface area contributed by atoms with Gasteiger partial charge in [-0.25, -0.2) is 0 Å². The molecule has 3 aromatic rings. The van der Waals surface area contributed by atoms with Gasteiger partial charge in [0.25, 0.3) is 0 Å². The first kappa shape index (κ1) is 20.4. The van der Waals surface area contributed by atoms with Gasteiger partial charge in [0.05, 0.1) is 24.6 Å². The lowest BCUT2D eigenvalue weighted by molar-refractivity contribution is -0.133. The Morgan fingerprint density at radius 2 is 1.93 bits per heavy atom. The lowest BCUT2D eigenvalue weighted by atomic mass is 10.2. The predicted octanol–water partition coefficient (Wildman–Crippen LogP) is 3.08. The molecule has 8 nitrogen and oxygen atoms in total. The molecular weight excluding hydrogens is 390 g/mol. The van der Waals surface area contributed by atoms with Gasteiger partial charge in [0.15, 0.2) is 5.82 Å². The fraction of sp³-hybridized carbons (Fsp3) is 0.200. The van der Waals surface area contributed by atoms with E-state index in [0.717, 1.165) is 23.0 Å². The summed E-state index contributed by atoms with van der Waals surface area (Å²) in [5.74, 6) is 0.0153. The Balaban J connectivity index is 1.99. The zero-order chi connectivity index (χ0) is 20.8. The Kier molecular flexibility index (Phi) is 6.50. The summed E-state index contributed by atoms with van der Waals surface area (Å²) in [6, 6.07) is 15.3. The van der Waals surface area contributed by atoms with Crippen molar-refractivity contribution in [2.75, 3.05) is 31.9 Å². The number of aromatic nitrogens is 3. The Morgan fingerprint density at radius 1 is 1.21 bits per heavy atom. The number of carbonyl (C=O) groups is 1. The Morgan fingerprint density at radius 3 is 2.59 bits per heavy atom. The number of rotatable bonds is 8. The molecule has 2 aromatic carbocycles. The normalized spacial score (nSPS) is 11.0. The zero-order valence-corrected chi connectivity index (χ0v) is 17.1. The molecule has 0 bridgehead atoms. The maximum atomic E-state index is 11.0. The molecule has 1 N–H and O–H groups in total. The lowest BCUT2D eigenvalue weighted by Gasteiger charge is -2.11. The van der Waals surface area contributed by atoms with Gasteiger partial charge in [-0.05, 0) is 29.8 Å². The highest BCUT2D eigenvalue weighted by Gasteiger charge is 2.18. The fourth-order valence-corrected chi connectivity index (χ4v) is 3.17. The van der Waals surface area contributed by atoms with E-state index in [4.69, 9.17) is 9.84 Å². The Hall–Kier alpha value is -3.33. The van der Waals surface area contributed by atoms with E-state index in [1.165, 1.54) is 4.68 Å². The van der Waals surface area contributed by atoms with Crippen LogP contribution in [0.4, 0.5) is 5.69 Å². The first-order chi connectivity index (χ1) is 14.0. The first-order valence-corrected chi connectivity index (χ1v) is 9.73. The van der Waals surface area contributed by atoms with Crippen LogP contribution in [0.15, 0.2) is 58.8 Å². The summed E-state index contributed by atoms with van der Waals surface area (Å²) in [5, 5.41) is 22.3. The highest BCUT2D eigenvalue weighted by molar-refractivity contribution is 7.99. The molecule has 0 unspecified atom stereocenters. The molecule has 29 heavy (non-hydrogen) atoms. The minimum Gasteiger partial charge on any atom is -0.496 e. The molecule has 0 aliphatic heterocycles. The van der Waals surface area contributed by atoms with Crippen LogP contribution in [0, 0.1) is 0 Å². The topological polar surface area (TPSA) is 92.8 Å². The largest absolute Gasteiger partial charge is 0.496 e. The summed E-state index contributed by atoms with van der Waals surface area (Å²) in [4.78, 5) is 13.0. The number of hydrogen-bond donors (Lipinski definition) is 1. The van der Waals surface area contributed by atoms with E-state index in [1.807, 2.05) is 67.5 Å². The SMILES string of the molecule is COc1ccccc1-c1nnc(SCC(=O)O)n1N=Cc1ccc(N(C)C)cc1. The predicted molar refractivity (Wildman–Crippen MR) is 114 cm³/mol. The van der Waals surface area contributed by atoms with Crippen molar-refractivity contribution in [3.63, 3.8) is 0 Å². The van der Waals surface area contributed by atoms with E-state index < -0.39 is 5.97 Å². The van der Waals surface area contributed by atoms with Crippen molar-refractivity contribution in [2.24, 2.45) is 5.10 Å². The molecule has 1 aromatic heterocycles. The van der Waals surface area contributed by atoms with Crippen molar-refractivity contribution in [3.05, 3.63) is 54.1 Å². The first-order valence-electron chi connectivity index (χ1n) is 8.74. The second kappa shape index (κ2) is 9.24. The van der Waals surface area contributed by atoms with Crippen LogP contribution in [0.25, 0.3) is 11.4 Å². The average molecular weight is 411 g/mol. The Labute approximate surface area is 172 Å². The second-order valence-corrected chi connectivity index (χ2v) is 7.17. The van der Waals surface area contributed by atoms with Crippen molar-refractivity contribution >= 4 is 29.6 Å². The van der Waals surface area contributed by atoms with Crippen LogP contribution in [0.2, 0.25) is 0 Å². The molecule has 0 spiro atoms. The smallest absolute Gasteiger partial charge is 0.313 e. The van der Waals surface area contributed by atoms with Gasteiger partial charge >= 0.3 is 5.97 Å². The van der Waals surface area contributed by atoms with Crippen LogP contribution < -0.4 is 9.64 Å². The van der Waals surface area contributed by atoms with Crippen LogP contribution in [0.3, 0.4) is 0 Å². The molecular formula is C20H21N5O3S. The molecule has 0 aliphatic rings. The van der Waals surface area contributed by atoms with Crippen LogP contribution >= 0.6 is 11.8 Å². The number of carboxylic acids is 1. The van der Waals surface area contributed by atoms with Crippen LogP contribution in [-0.2, 0) is 4.79 Å². The van der Waals surface area contributed by atoms with Crippen molar-refractivity contribution < 1.29 is 14.6 Å². The van der Waals surface area contributed by atoms with Crippen LogP contribution in [-0.4, -0.2) is 59.1 Å².